The van der Waals surface area contributed by atoms with Crippen LogP contribution in [0.15, 0.2) is 0 Å². The minimum atomic E-state index is -0.944. The number of carboxylic acids is 1. The van der Waals surface area contributed by atoms with Gasteiger partial charge in [-0.15, -0.1) is 0 Å². The number of carbonyl (C=O) groups excluding carboxylic acids is 2. The van der Waals surface area contributed by atoms with Gasteiger partial charge < -0.3 is 20.6 Å². The van der Waals surface area contributed by atoms with Crippen molar-refractivity contribution in [3.63, 3.8) is 0 Å². The standard InChI is InChI=1S/C13H21N3O4/c14-13(20)15-6-3-4-9(8-15)11(17)16-7-2-1-5-10(16)12(18)19/h9-10H,1-8H2,(H2,14,20)(H,18,19). The average Bonchev–Trinajstić information content (AvgIpc) is 2.46. The highest BCUT2D eigenvalue weighted by atomic mass is 16.4. The number of carboxylic acid groups (broad SMARTS) is 1. The molecule has 2 atom stereocenters. The molecule has 2 fully saturated rings. The van der Waals surface area contributed by atoms with Gasteiger partial charge in [0.1, 0.15) is 6.04 Å². The lowest BCUT2D eigenvalue weighted by molar-refractivity contribution is -0.154. The Kier molecular flexibility index (Phi) is 4.46. The smallest absolute Gasteiger partial charge is 0.326 e. The number of carbonyl (C=O) groups is 3. The van der Waals surface area contributed by atoms with Gasteiger partial charge in [-0.2, -0.15) is 0 Å². The monoisotopic (exact) mass is 283 g/mol. The van der Waals surface area contributed by atoms with E-state index < -0.39 is 18.0 Å². The van der Waals surface area contributed by atoms with Crippen molar-refractivity contribution in [2.75, 3.05) is 19.6 Å². The number of aliphatic carboxylic acids is 1. The van der Waals surface area contributed by atoms with E-state index in [0.29, 0.717) is 32.5 Å². The number of urea groups is 1. The lowest BCUT2D eigenvalue weighted by atomic mass is 9.93. The Bertz CT molecular complexity index is 412. The summed E-state index contributed by atoms with van der Waals surface area (Å²) in [6.07, 6.45) is 3.59. The minimum Gasteiger partial charge on any atom is -0.480 e. The molecule has 0 bridgehead atoms. The molecule has 2 aliphatic heterocycles. The van der Waals surface area contributed by atoms with E-state index in [-0.39, 0.29) is 11.8 Å². The van der Waals surface area contributed by atoms with Crippen LogP contribution in [0.2, 0.25) is 0 Å². The van der Waals surface area contributed by atoms with Gasteiger partial charge in [0, 0.05) is 19.6 Å². The molecule has 0 aliphatic carbocycles. The van der Waals surface area contributed by atoms with Crippen LogP contribution in [0.4, 0.5) is 4.79 Å². The van der Waals surface area contributed by atoms with E-state index in [1.54, 1.807) is 0 Å². The van der Waals surface area contributed by atoms with Gasteiger partial charge in [0.25, 0.3) is 0 Å². The molecule has 2 saturated heterocycles. The van der Waals surface area contributed by atoms with Crippen LogP contribution < -0.4 is 5.73 Å². The normalized spacial score (nSPS) is 27.2. The zero-order valence-electron chi connectivity index (χ0n) is 11.5. The Labute approximate surface area is 117 Å². The molecule has 112 valence electrons. The number of hydrogen-bond donors (Lipinski definition) is 2. The molecule has 7 heteroatoms. The predicted octanol–water partition coefficient (Wildman–Crippen LogP) is 0.243. The Hall–Kier alpha value is -1.79. The van der Waals surface area contributed by atoms with Gasteiger partial charge in [-0.05, 0) is 32.1 Å². The molecule has 0 spiro atoms. The van der Waals surface area contributed by atoms with Crippen LogP contribution in [-0.2, 0) is 9.59 Å². The van der Waals surface area contributed by atoms with Crippen LogP contribution in [0, 0.1) is 5.92 Å². The molecular weight excluding hydrogens is 262 g/mol. The zero-order chi connectivity index (χ0) is 14.7. The number of primary amides is 1. The molecule has 2 aliphatic rings. The summed E-state index contributed by atoms with van der Waals surface area (Å²) in [6.45, 7) is 1.36. The second kappa shape index (κ2) is 6.11. The lowest BCUT2D eigenvalue weighted by Crippen LogP contribution is -2.53. The van der Waals surface area contributed by atoms with Crippen molar-refractivity contribution >= 4 is 17.9 Å². The van der Waals surface area contributed by atoms with Crippen molar-refractivity contribution in [3.05, 3.63) is 0 Å². The number of piperidine rings is 2. The minimum absolute atomic E-state index is 0.150. The largest absolute Gasteiger partial charge is 0.480 e. The molecule has 0 aromatic carbocycles. The summed E-state index contributed by atoms with van der Waals surface area (Å²) in [5.74, 6) is -1.42. The first-order chi connectivity index (χ1) is 9.50. The van der Waals surface area contributed by atoms with Crippen molar-refractivity contribution < 1.29 is 19.5 Å². The molecule has 2 heterocycles. The summed E-state index contributed by atoms with van der Waals surface area (Å²) in [6, 6.07) is -1.24. The topological polar surface area (TPSA) is 104 Å². The first kappa shape index (κ1) is 14.6. The van der Waals surface area contributed by atoms with E-state index in [9.17, 15) is 19.5 Å². The van der Waals surface area contributed by atoms with Crippen LogP contribution >= 0.6 is 0 Å². The first-order valence-electron chi connectivity index (χ1n) is 7.08. The quantitative estimate of drug-likeness (QED) is 0.757. The van der Waals surface area contributed by atoms with Gasteiger partial charge in [0.15, 0.2) is 0 Å². The Morgan fingerprint density at radius 3 is 2.45 bits per heavy atom. The van der Waals surface area contributed by atoms with Gasteiger partial charge in [-0.3, -0.25) is 4.79 Å². The molecule has 0 saturated carbocycles. The van der Waals surface area contributed by atoms with Crippen LogP contribution in [0.3, 0.4) is 0 Å². The van der Waals surface area contributed by atoms with Crippen LogP contribution in [-0.4, -0.2) is 58.5 Å². The van der Waals surface area contributed by atoms with E-state index in [0.717, 1.165) is 19.3 Å². The summed E-state index contributed by atoms with van der Waals surface area (Å²) >= 11 is 0. The summed E-state index contributed by atoms with van der Waals surface area (Å²) in [5.41, 5.74) is 5.25. The fourth-order valence-electron chi connectivity index (χ4n) is 3.07. The Morgan fingerprint density at radius 1 is 1.05 bits per heavy atom. The van der Waals surface area contributed by atoms with E-state index in [4.69, 9.17) is 5.73 Å². The third kappa shape index (κ3) is 3.02. The number of nitrogens with zero attached hydrogens (tertiary/aromatic N) is 2. The number of amides is 3. The molecule has 3 amide bonds. The van der Waals surface area contributed by atoms with Crippen molar-refractivity contribution in [2.24, 2.45) is 11.7 Å². The highest BCUT2D eigenvalue weighted by molar-refractivity contribution is 5.86. The maximum atomic E-state index is 12.5. The zero-order valence-corrected chi connectivity index (χ0v) is 11.5. The average molecular weight is 283 g/mol. The molecule has 2 rings (SSSR count). The molecule has 3 N–H and O–H groups in total. The highest BCUT2D eigenvalue weighted by Crippen LogP contribution is 2.24. The van der Waals surface area contributed by atoms with E-state index in [1.807, 2.05) is 0 Å². The molecule has 0 aromatic heterocycles. The van der Waals surface area contributed by atoms with Gasteiger partial charge in [0.2, 0.25) is 5.91 Å². The number of rotatable bonds is 2. The van der Waals surface area contributed by atoms with Gasteiger partial charge in [-0.1, -0.05) is 0 Å². The highest BCUT2D eigenvalue weighted by Gasteiger charge is 2.37. The number of nitrogens with two attached hydrogens (primary N) is 1. The molecule has 0 aromatic rings. The molecule has 20 heavy (non-hydrogen) atoms. The molecule has 7 nitrogen and oxygen atoms in total. The third-order valence-electron chi connectivity index (χ3n) is 4.15. The maximum absolute atomic E-state index is 12.5. The van der Waals surface area contributed by atoms with Gasteiger partial charge >= 0.3 is 12.0 Å². The third-order valence-corrected chi connectivity index (χ3v) is 4.15. The van der Waals surface area contributed by atoms with Crippen molar-refractivity contribution in [1.29, 1.82) is 0 Å². The van der Waals surface area contributed by atoms with Crippen LogP contribution in [0.1, 0.15) is 32.1 Å². The maximum Gasteiger partial charge on any atom is 0.326 e. The fourth-order valence-corrected chi connectivity index (χ4v) is 3.07. The van der Waals surface area contributed by atoms with E-state index in [2.05, 4.69) is 0 Å². The van der Waals surface area contributed by atoms with Gasteiger partial charge in [0.05, 0.1) is 5.92 Å². The van der Waals surface area contributed by atoms with E-state index >= 15 is 0 Å². The van der Waals surface area contributed by atoms with Crippen molar-refractivity contribution in [3.8, 4) is 0 Å². The molecule has 2 unspecified atom stereocenters. The second-order valence-corrected chi connectivity index (χ2v) is 5.50. The molecular formula is C13H21N3O4. The van der Waals surface area contributed by atoms with Crippen molar-refractivity contribution in [1.82, 2.24) is 9.80 Å². The number of hydrogen-bond acceptors (Lipinski definition) is 3. The lowest BCUT2D eigenvalue weighted by Gasteiger charge is -2.38. The summed E-state index contributed by atoms with van der Waals surface area (Å²) < 4.78 is 0. The first-order valence-corrected chi connectivity index (χ1v) is 7.08. The summed E-state index contributed by atoms with van der Waals surface area (Å²) in [7, 11) is 0. The van der Waals surface area contributed by atoms with Crippen LogP contribution in [0.25, 0.3) is 0 Å². The SMILES string of the molecule is NC(=O)N1CCCC(C(=O)N2CCCCC2C(=O)O)C1. The van der Waals surface area contributed by atoms with Crippen LogP contribution in [0.5, 0.6) is 0 Å². The summed E-state index contributed by atoms with van der Waals surface area (Å²) in [4.78, 5) is 37.9. The second-order valence-electron chi connectivity index (χ2n) is 5.50. The van der Waals surface area contributed by atoms with Gasteiger partial charge in [-0.25, -0.2) is 9.59 Å². The Balaban J connectivity index is 2.05. The van der Waals surface area contributed by atoms with E-state index in [1.165, 1.54) is 9.80 Å². The number of likely N-dealkylation sites (tertiary alicyclic amines) is 2. The Morgan fingerprint density at radius 2 is 1.80 bits per heavy atom. The summed E-state index contributed by atoms with van der Waals surface area (Å²) in [5, 5.41) is 9.22. The van der Waals surface area contributed by atoms with Crippen molar-refractivity contribution in [2.45, 2.75) is 38.1 Å². The fraction of sp³-hybridized carbons (Fsp3) is 0.769. The molecule has 0 radical (unpaired) electrons. The predicted molar refractivity (Wildman–Crippen MR) is 70.9 cm³/mol.